The molecule has 0 amide bonds. The van der Waals surface area contributed by atoms with E-state index in [1.54, 1.807) is 0 Å². The summed E-state index contributed by atoms with van der Waals surface area (Å²) in [4.78, 5) is 0. The average molecular weight is 323 g/mol. The highest BCUT2D eigenvalue weighted by atomic mass is 16.6. The molecule has 2 aliphatic heterocycles. The number of ether oxygens (including phenoxy) is 1. The van der Waals surface area contributed by atoms with E-state index in [9.17, 15) is 30.6 Å². The first kappa shape index (κ1) is 18.0. The van der Waals surface area contributed by atoms with Crippen molar-refractivity contribution < 1.29 is 40.5 Å². The minimum absolute atomic E-state index is 0.160. The van der Waals surface area contributed by atoms with Gasteiger partial charge in [0.1, 0.15) is 18.3 Å². The zero-order chi connectivity index (χ0) is 16.4. The van der Waals surface area contributed by atoms with Crippen molar-refractivity contribution in [2.24, 2.45) is 0 Å². The van der Waals surface area contributed by atoms with Crippen LogP contribution in [0, 0.1) is 0 Å². The van der Waals surface area contributed by atoms with Crippen LogP contribution < -0.4 is 5.32 Å². The number of aliphatic hydroxyl groups excluding tert-OH is 7. The van der Waals surface area contributed by atoms with Gasteiger partial charge >= 0.3 is 0 Å². The van der Waals surface area contributed by atoms with Crippen LogP contribution in [0.25, 0.3) is 0 Å². The van der Waals surface area contributed by atoms with Crippen molar-refractivity contribution >= 4 is 0 Å². The Hall–Kier alpha value is -0.360. The fourth-order valence-electron chi connectivity index (χ4n) is 3.12. The predicted octanol–water partition coefficient (Wildman–Crippen LogP) is -3.99. The molecule has 0 radical (unpaired) electrons. The van der Waals surface area contributed by atoms with Crippen LogP contribution in [0.2, 0.25) is 0 Å². The summed E-state index contributed by atoms with van der Waals surface area (Å²) in [5, 5.41) is 70.1. The maximum absolute atomic E-state index is 9.92. The van der Waals surface area contributed by atoms with Gasteiger partial charge in [0.25, 0.3) is 0 Å². The Bertz CT molecular complexity index is 359. The van der Waals surface area contributed by atoms with Gasteiger partial charge < -0.3 is 45.8 Å². The molecule has 0 aliphatic carbocycles. The number of nitrogens with one attached hydrogen (secondary N) is 1. The second-order valence-corrected chi connectivity index (χ2v) is 6.12. The van der Waals surface area contributed by atoms with Crippen LogP contribution in [-0.4, -0.2) is 97.4 Å². The molecule has 2 rings (SSSR count). The van der Waals surface area contributed by atoms with Gasteiger partial charge in [0.05, 0.1) is 24.9 Å². The van der Waals surface area contributed by atoms with Crippen molar-refractivity contribution in [3.8, 4) is 0 Å². The Morgan fingerprint density at radius 2 is 1.68 bits per heavy atom. The van der Waals surface area contributed by atoms with Crippen molar-refractivity contribution in [1.29, 1.82) is 0 Å². The smallest absolute Gasteiger partial charge is 0.183 e. The molecule has 9 heteroatoms. The normalized spacial score (nSPS) is 48.1. The third kappa shape index (κ3) is 3.94. The van der Waals surface area contributed by atoms with Gasteiger partial charge in [-0.1, -0.05) is 0 Å². The highest BCUT2D eigenvalue weighted by Crippen LogP contribution is 2.26. The van der Waals surface area contributed by atoms with Crippen molar-refractivity contribution in [2.75, 3.05) is 6.61 Å². The monoisotopic (exact) mass is 323 g/mol. The predicted molar refractivity (Wildman–Crippen MR) is 72.6 cm³/mol. The van der Waals surface area contributed by atoms with E-state index in [0.29, 0.717) is 6.42 Å². The topological polar surface area (TPSA) is 163 Å². The first-order valence-electron chi connectivity index (χ1n) is 7.44. The van der Waals surface area contributed by atoms with Gasteiger partial charge in [0, 0.05) is 12.1 Å². The summed E-state index contributed by atoms with van der Waals surface area (Å²) in [5.74, 6) is 0. The Morgan fingerprint density at radius 3 is 2.32 bits per heavy atom. The van der Waals surface area contributed by atoms with E-state index in [0.717, 1.165) is 0 Å². The summed E-state index contributed by atoms with van der Waals surface area (Å²) < 4.78 is 5.10. The minimum atomic E-state index is -1.60. The minimum Gasteiger partial charge on any atom is -0.394 e. The number of rotatable bonds is 4. The van der Waals surface area contributed by atoms with Crippen molar-refractivity contribution in [1.82, 2.24) is 5.32 Å². The molecular formula is C13H25NO8. The standard InChI is InChI=1S/C13H25NO8/c15-4-8(17)7-3-6(16)1-5(14-7)2-9-10(18)11(19)12(20)13(21)22-9/h5-21H,1-4H2/t5-,6-,7?,8+,9+,10-,11-,12+,13+/m0/s1. The van der Waals surface area contributed by atoms with E-state index in [-0.39, 0.29) is 18.9 Å². The molecule has 2 saturated heterocycles. The molecule has 0 aromatic carbocycles. The van der Waals surface area contributed by atoms with Crippen molar-refractivity contribution in [2.45, 2.75) is 74.3 Å². The maximum atomic E-state index is 9.92. The number of hydrogen-bond donors (Lipinski definition) is 8. The van der Waals surface area contributed by atoms with Gasteiger partial charge in [-0.25, -0.2) is 0 Å². The molecule has 0 saturated carbocycles. The second-order valence-electron chi connectivity index (χ2n) is 6.12. The van der Waals surface area contributed by atoms with Gasteiger partial charge in [0.15, 0.2) is 6.29 Å². The third-order valence-corrected chi connectivity index (χ3v) is 4.39. The average Bonchev–Trinajstić information content (AvgIpc) is 2.49. The number of piperidine rings is 1. The van der Waals surface area contributed by atoms with E-state index in [4.69, 9.17) is 9.84 Å². The van der Waals surface area contributed by atoms with E-state index >= 15 is 0 Å². The lowest BCUT2D eigenvalue weighted by molar-refractivity contribution is -0.283. The largest absolute Gasteiger partial charge is 0.394 e. The third-order valence-electron chi connectivity index (χ3n) is 4.39. The molecule has 2 aliphatic rings. The molecular weight excluding hydrogens is 298 g/mol. The first-order chi connectivity index (χ1) is 10.3. The van der Waals surface area contributed by atoms with Crippen LogP contribution in [0.3, 0.4) is 0 Å². The molecule has 9 nitrogen and oxygen atoms in total. The summed E-state index contributed by atoms with van der Waals surface area (Å²) in [6.45, 7) is -0.441. The van der Waals surface area contributed by atoms with Crippen molar-refractivity contribution in [3.05, 3.63) is 0 Å². The summed E-state index contributed by atoms with van der Waals surface area (Å²) in [6, 6.07) is -0.843. The van der Waals surface area contributed by atoms with E-state index in [1.165, 1.54) is 0 Å². The van der Waals surface area contributed by atoms with Crippen LogP contribution in [-0.2, 0) is 4.74 Å². The first-order valence-corrected chi connectivity index (χ1v) is 7.44. The number of aliphatic hydroxyl groups is 7. The molecule has 0 aromatic heterocycles. The molecule has 0 bridgehead atoms. The highest BCUT2D eigenvalue weighted by molar-refractivity contribution is 4.94. The molecule has 8 N–H and O–H groups in total. The lowest BCUT2D eigenvalue weighted by Crippen LogP contribution is -2.60. The summed E-state index contributed by atoms with van der Waals surface area (Å²) in [5.41, 5.74) is 0. The molecule has 0 spiro atoms. The van der Waals surface area contributed by atoms with Gasteiger partial charge in [-0.2, -0.15) is 0 Å². The zero-order valence-corrected chi connectivity index (χ0v) is 12.1. The fourth-order valence-corrected chi connectivity index (χ4v) is 3.12. The molecule has 9 atom stereocenters. The Balaban J connectivity index is 1.97. The lowest BCUT2D eigenvalue weighted by Gasteiger charge is -2.42. The van der Waals surface area contributed by atoms with Gasteiger partial charge in [-0.3, -0.25) is 0 Å². The molecule has 0 aromatic rings. The Morgan fingerprint density at radius 1 is 1.00 bits per heavy atom. The SMILES string of the molecule is OC[C@@H](O)C1C[C@@H](O)C[C@@H](C[C@H]2O[C@@H](O)[C@H](O)[C@@H](O)[C@H]2O)N1. The maximum Gasteiger partial charge on any atom is 0.183 e. The highest BCUT2D eigenvalue weighted by Gasteiger charge is 2.44. The van der Waals surface area contributed by atoms with Crippen LogP contribution in [0.1, 0.15) is 19.3 Å². The fraction of sp³-hybridized carbons (Fsp3) is 1.00. The van der Waals surface area contributed by atoms with Crippen LogP contribution in [0.4, 0.5) is 0 Å². The van der Waals surface area contributed by atoms with E-state index in [2.05, 4.69) is 5.32 Å². The van der Waals surface area contributed by atoms with Gasteiger partial charge in [-0.15, -0.1) is 0 Å². The van der Waals surface area contributed by atoms with E-state index in [1.807, 2.05) is 0 Å². The number of hydrogen-bond acceptors (Lipinski definition) is 9. The second kappa shape index (κ2) is 7.47. The van der Waals surface area contributed by atoms with Gasteiger partial charge in [-0.05, 0) is 19.3 Å². The Kier molecular flexibility index (Phi) is 6.11. The molecule has 130 valence electrons. The van der Waals surface area contributed by atoms with Crippen LogP contribution in [0.15, 0.2) is 0 Å². The van der Waals surface area contributed by atoms with Crippen LogP contribution >= 0.6 is 0 Å². The van der Waals surface area contributed by atoms with Gasteiger partial charge in [0.2, 0.25) is 0 Å². The van der Waals surface area contributed by atoms with Crippen molar-refractivity contribution in [3.63, 3.8) is 0 Å². The molecule has 22 heavy (non-hydrogen) atoms. The lowest BCUT2D eigenvalue weighted by atomic mass is 9.87. The summed E-state index contributed by atoms with van der Waals surface area (Å²) in [6.07, 6.45) is -7.92. The quantitative estimate of drug-likeness (QED) is 0.258. The van der Waals surface area contributed by atoms with Crippen LogP contribution in [0.5, 0.6) is 0 Å². The molecule has 2 fully saturated rings. The zero-order valence-electron chi connectivity index (χ0n) is 12.1. The molecule has 2 heterocycles. The van der Waals surface area contributed by atoms with E-state index < -0.39 is 55.6 Å². The summed E-state index contributed by atoms with van der Waals surface area (Å²) in [7, 11) is 0. The Labute approximate surface area is 127 Å². The summed E-state index contributed by atoms with van der Waals surface area (Å²) >= 11 is 0. The molecule has 1 unspecified atom stereocenters.